The molecule has 0 bridgehead atoms. The summed E-state index contributed by atoms with van der Waals surface area (Å²) >= 11 is 6.10. The standard InChI is InChI=1S/C22H26ClF2N3O/c1-14(2)27-22(29)21-10-18(26-11-15-6-7-19(24)20(25)9-15)13-28(21)12-16-4-3-5-17(23)8-16/h3-9,14,18,21,26H,10-13H2,1-2H3,(H,27,29)/t18-,21+/m1/s1. The molecule has 3 rings (SSSR count). The minimum atomic E-state index is -0.854. The van der Waals surface area contributed by atoms with Crippen molar-refractivity contribution < 1.29 is 13.6 Å². The van der Waals surface area contributed by atoms with Crippen molar-refractivity contribution in [2.75, 3.05) is 6.54 Å². The molecule has 0 radical (unpaired) electrons. The first-order chi connectivity index (χ1) is 13.8. The second-order valence-electron chi connectivity index (χ2n) is 7.80. The van der Waals surface area contributed by atoms with Crippen LogP contribution in [0.3, 0.4) is 0 Å². The zero-order valence-electron chi connectivity index (χ0n) is 16.6. The third kappa shape index (κ3) is 5.98. The molecule has 29 heavy (non-hydrogen) atoms. The molecule has 0 spiro atoms. The fraction of sp³-hybridized carbons (Fsp3) is 0.409. The van der Waals surface area contributed by atoms with Gasteiger partial charge in [-0.3, -0.25) is 9.69 Å². The van der Waals surface area contributed by atoms with Crippen LogP contribution < -0.4 is 10.6 Å². The number of carbonyl (C=O) groups excluding carboxylic acids is 1. The van der Waals surface area contributed by atoms with E-state index in [4.69, 9.17) is 11.6 Å². The highest BCUT2D eigenvalue weighted by Crippen LogP contribution is 2.23. The summed E-state index contributed by atoms with van der Waals surface area (Å²) in [6.45, 7) is 5.57. The number of nitrogens with one attached hydrogen (secondary N) is 2. The van der Waals surface area contributed by atoms with Crippen molar-refractivity contribution in [3.63, 3.8) is 0 Å². The van der Waals surface area contributed by atoms with Crippen LogP contribution in [0, 0.1) is 11.6 Å². The molecule has 2 atom stereocenters. The van der Waals surface area contributed by atoms with E-state index in [2.05, 4.69) is 15.5 Å². The third-order valence-electron chi connectivity index (χ3n) is 4.99. The number of rotatable bonds is 7. The van der Waals surface area contributed by atoms with Crippen LogP contribution in [0.5, 0.6) is 0 Å². The summed E-state index contributed by atoms with van der Waals surface area (Å²) in [6, 6.07) is 11.4. The van der Waals surface area contributed by atoms with Gasteiger partial charge in [-0.1, -0.05) is 29.8 Å². The second-order valence-corrected chi connectivity index (χ2v) is 8.24. The normalized spacial score (nSPS) is 19.7. The zero-order chi connectivity index (χ0) is 21.0. The summed E-state index contributed by atoms with van der Waals surface area (Å²) < 4.78 is 26.5. The van der Waals surface area contributed by atoms with Gasteiger partial charge in [0.2, 0.25) is 5.91 Å². The van der Waals surface area contributed by atoms with Gasteiger partial charge in [0.25, 0.3) is 0 Å². The summed E-state index contributed by atoms with van der Waals surface area (Å²) in [4.78, 5) is 14.9. The van der Waals surface area contributed by atoms with Crippen molar-refractivity contribution in [1.82, 2.24) is 15.5 Å². The molecule has 2 N–H and O–H groups in total. The van der Waals surface area contributed by atoms with E-state index in [1.54, 1.807) is 6.07 Å². The van der Waals surface area contributed by atoms with E-state index in [1.807, 2.05) is 38.1 Å². The van der Waals surface area contributed by atoms with E-state index in [0.717, 1.165) is 11.6 Å². The average molecular weight is 422 g/mol. The summed E-state index contributed by atoms with van der Waals surface area (Å²) in [5, 5.41) is 7.03. The number of carbonyl (C=O) groups is 1. The van der Waals surface area contributed by atoms with E-state index in [0.29, 0.717) is 36.6 Å². The van der Waals surface area contributed by atoms with Gasteiger partial charge in [0, 0.05) is 36.7 Å². The van der Waals surface area contributed by atoms with E-state index >= 15 is 0 Å². The SMILES string of the molecule is CC(C)NC(=O)[C@@H]1C[C@@H](NCc2ccc(F)c(F)c2)CN1Cc1cccc(Cl)c1. The smallest absolute Gasteiger partial charge is 0.237 e. The highest BCUT2D eigenvalue weighted by atomic mass is 35.5. The Balaban J connectivity index is 1.67. The summed E-state index contributed by atoms with van der Waals surface area (Å²) in [6.07, 6.45) is 0.642. The molecule has 1 heterocycles. The van der Waals surface area contributed by atoms with Crippen LogP contribution >= 0.6 is 11.6 Å². The Kier molecular flexibility index (Phi) is 7.22. The van der Waals surface area contributed by atoms with Gasteiger partial charge >= 0.3 is 0 Å². The first-order valence-electron chi connectivity index (χ1n) is 9.78. The third-order valence-corrected chi connectivity index (χ3v) is 5.23. The minimum Gasteiger partial charge on any atom is -0.353 e. The molecule has 2 aromatic rings. The molecule has 0 saturated carbocycles. The lowest BCUT2D eigenvalue weighted by Gasteiger charge is -2.24. The molecule has 4 nitrogen and oxygen atoms in total. The maximum absolute atomic E-state index is 13.4. The van der Waals surface area contributed by atoms with Gasteiger partial charge in [-0.15, -0.1) is 0 Å². The Bertz CT molecular complexity index is 862. The first-order valence-corrected chi connectivity index (χ1v) is 10.2. The van der Waals surface area contributed by atoms with Crippen LogP contribution in [0.25, 0.3) is 0 Å². The molecule has 156 valence electrons. The van der Waals surface area contributed by atoms with Crippen molar-refractivity contribution in [2.24, 2.45) is 0 Å². The lowest BCUT2D eigenvalue weighted by Crippen LogP contribution is -2.45. The Morgan fingerprint density at radius 1 is 1.17 bits per heavy atom. The number of amides is 1. The monoisotopic (exact) mass is 421 g/mol. The van der Waals surface area contributed by atoms with Crippen molar-refractivity contribution in [2.45, 2.75) is 51.5 Å². The fourth-order valence-corrected chi connectivity index (χ4v) is 3.87. The highest BCUT2D eigenvalue weighted by molar-refractivity contribution is 6.30. The van der Waals surface area contributed by atoms with Gasteiger partial charge in [0.15, 0.2) is 11.6 Å². The van der Waals surface area contributed by atoms with Gasteiger partial charge in [-0.2, -0.15) is 0 Å². The molecule has 1 aliphatic heterocycles. The second kappa shape index (κ2) is 9.65. The number of nitrogens with zero attached hydrogens (tertiary/aromatic N) is 1. The van der Waals surface area contributed by atoms with Gasteiger partial charge < -0.3 is 10.6 Å². The number of halogens is 3. The minimum absolute atomic E-state index is 0.000783. The van der Waals surface area contributed by atoms with Gasteiger partial charge in [-0.05, 0) is 55.7 Å². The summed E-state index contributed by atoms with van der Waals surface area (Å²) in [7, 11) is 0. The molecule has 7 heteroatoms. The molecular formula is C22H26ClF2N3O. The lowest BCUT2D eigenvalue weighted by atomic mass is 10.1. The van der Waals surface area contributed by atoms with E-state index in [-0.39, 0.29) is 24.0 Å². The maximum Gasteiger partial charge on any atom is 0.237 e. The Morgan fingerprint density at radius 3 is 2.66 bits per heavy atom. The molecule has 1 aliphatic rings. The Morgan fingerprint density at radius 2 is 1.97 bits per heavy atom. The van der Waals surface area contributed by atoms with Gasteiger partial charge in [-0.25, -0.2) is 8.78 Å². The average Bonchev–Trinajstić information content (AvgIpc) is 3.05. The highest BCUT2D eigenvalue weighted by Gasteiger charge is 2.36. The number of hydrogen-bond donors (Lipinski definition) is 2. The molecule has 1 saturated heterocycles. The van der Waals surface area contributed by atoms with Crippen LogP contribution in [-0.2, 0) is 17.9 Å². The molecule has 0 aromatic heterocycles. The predicted octanol–water partition coefficient (Wildman–Crippen LogP) is 3.88. The number of benzene rings is 2. The van der Waals surface area contributed by atoms with Crippen molar-refractivity contribution in [3.8, 4) is 0 Å². The fourth-order valence-electron chi connectivity index (χ4n) is 3.66. The Labute approximate surface area is 175 Å². The van der Waals surface area contributed by atoms with Crippen LogP contribution in [0.4, 0.5) is 8.78 Å². The van der Waals surface area contributed by atoms with Crippen LogP contribution in [0.2, 0.25) is 5.02 Å². The molecule has 1 fully saturated rings. The quantitative estimate of drug-likeness (QED) is 0.713. The number of hydrogen-bond acceptors (Lipinski definition) is 3. The predicted molar refractivity (Wildman–Crippen MR) is 111 cm³/mol. The van der Waals surface area contributed by atoms with E-state index in [1.165, 1.54) is 6.07 Å². The van der Waals surface area contributed by atoms with Crippen LogP contribution in [-0.4, -0.2) is 35.5 Å². The van der Waals surface area contributed by atoms with Crippen LogP contribution in [0.15, 0.2) is 42.5 Å². The largest absolute Gasteiger partial charge is 0.353 e. The van der Waals surface area contributed by atoms with Crippen molar-refractivity contribution in [1.29, 1.82) is 0 Å². The molecule has 2 aromatic carbocycles. The topological polar surface area (TPSA) is 44.4 Å². The number of likely N-dealkylation sites (tertiary alicyclic amines) is 1. The zero-order valence-corrected chi connectivity index (χ0v) is 17.3. The first kappa shape index (κ1) is 21.7. The summed E-state index contributed by atoms with van der Waals surface area (Å²) in [5.41, 5.74) is 1.71. The van der Waals surface area contributed by atoms with Gasteiger partial charge in [0.1, 0.15) is 0 Å². The van der Waals surface area contributed by atoms with E-state index < -0.39 is 11.6 Å². The van der Waals surface area contributed by atoms with Crippen LogP contribution in [0.1, 0.15) is 31.4 Å². The van der Waals surface area contributed by atoms with E-state index in [9.17, 15) is 13.6 Å². The molecule has 1 amide bonds. The Hall–Kier alpha value is -2.02. The van der Waals surface area contributed by atoms with Crippen molar-refractivity contribution >= 4 is 17.5 Å². The van der Waals surface area contributed by atoms with Crippen molar-refractivity contribution in [3.05, 3.63) is 70.2 Å². The molecular weight excluding hydrogens is 396 g/mol. The summed E-state index contributed by atoms with van der Waals surface area (Å²) in [5.74, 6) is -1.71. The molecule has 0 aliphatic carbocycles. The maximum atomic E-state index is 13.4. The van der Waals surface area contributed by atoms with Gasteiger partial charge in [0.05, 0.1) is 6.04 Å². The molecule has 0 unspecified atom stereocenters. The lowest BCUT2D eigenvalue weighted by molar-refractivity contribution is -0.126.